The first-order valence-corrected chi connectivity index (χ1v) is 6.86. The van der Waals surface area contributed by atoms with Gasteiger partial charge in [-0.2, -0.15) is 0 Å². The van der Waals surface area contributed by atoms with Gasteiger partial charge in [0.15, 0.2) is 5.60 Å². The van der Waals surface area contributed by atoms with Crippen LogP contribution >= 0.6 is 0 Å². The lowest BCUT2D eigenvalue weighted by Gasteiger charge is -2.24. The van der Waals surface area contributed by atoms with Gasteiger partial charge >= 0.3 is 0 Å². The van der Waals surface area contributed by atoms with Crippen LogP contribution in [0.1, 0.15) is 25.1 Å². The van der Waals surface area contributed by atoms with Gasteiger partial charge in [-0.1, -0.05) is 12.8 Å². The molecule has 0 aliphatic carbocycles. The Balaban J connectivity index is 2.08. The van der Waals surface area contributed by atoms with Crippen LogP contribution in [-0.2, 0) is 4.74 Å². The molecule has 1 fully saturated rings. The Morgan fingerprint density at radius 3 is 3.00 bits per heavy atom. The van der Waals surface area contributed by atoms with E-state index in [1.807, 2.05) is 24.6 Å². The predicted molar refractivity (Wildman–Crippen MR) is 79.2 cm³/mol. The number of aryl methyl sites for hydroxylation is 1. The number of terminal acetylenes is 1. The van der Waals surface area contributed by atoms with E-state index in [9.17, 15) is 5.11 Å². The highest BCUT2D eigenvalue weighted by atomic mass is 16.5. The molecule has 0 unspecified atom stereocenters. The highest BCUT2D eigenvalue weighted by Gasteiger charge is 2.45. The summed E-state index contributed by atoms with van der Waals surface area (Å²) in [4.78, 5) is 8.33. The number of ether oxygens (including phenoxy) is 1. The van der Waals surface area contributed by atoms with Crippen LogP contribution in [0.4, 0.5) is 5.82 Å². The SMILES string of the molecule is C#C[C@]1(CO)O[C@@H](n2cc(C)c3c(N)ncnc32)C[C@@H]1C. The fraction of sp³-hybridized carbons (Fsp3) is 0.467. The Bertz CT molecular complexity index is 733. The lowest BCUT2D eigenvalue weighted by atomic mass is 9.90. The van der Waals surface area contributed by atoms with Gasteiger partial charge in [0.25, 0.3) is 0 Å². The summed E-state index contributed by atoms with van der Waals surface area (Å²) in [5, 5.41) is 10.4. The van der Waals surface area contributed by atoms with Crippen molar-refractivity contribution in [2.24, 2.45) is 5.92 Å². The molecule has 0 bridgehead atoms. The van der Waals surface area contributed by atoms with Gasteiger partial charge in [-0.15, -0.1) is 6.42 Å². The molecule has 2 aromatic rings. The Morgan fingerprint density at radius 2 is 2.38 bits per heavy atom. The van der Waals surface area contributed by atoms with Crippen molar-refractivity contribution in [2.45, 2.75) is 32.1 Å². The van der Waals surface area contributed by atoms with E-state index in [1.54, 1.807) is 0 Å². The number of nitrogens with zero attached hydrogens (tertiary/aromatic N) is 3. The molecule has 6 heteroatoms. The molecule has 0 spiro atoms. The Kier molecular flexibility index (Phi) is 3.12. The molecule has 0 amide bonds. The van der Waals surface area contributed by atoms with Crippen molar-refractivity contribution in [3.05, 3.63) is 18.1 Å². The summed E-state index contributed by atoms with van der Waals surface area (Å²) in [7, 11) is 0. The third-order valence-corrected chi connectivity index (χ3v) is 4.32. The van der Waals surface area contributed by atoms with Crippen LogP contribution in [0.25, 0.3) is 11.0 Å². The van der Waals surface area contributed by atoms with Crippen molar-refractivity contribution < 1.29 is 9.84 Å². The summed E-state index contributed by atoms with van der Waals surface area (Å²) in [5.41, 5.74) is 6.70. The number of nitrogen functional groups attached to an aromatic ring is 1. The van der Waals surface area contributed by atoms with Gasteiger partial charge in [-0.25, -0.2) is 9.97 Å². The largest absolute Gasteiger partial charge is 0.392 e. The van der Waals surface area contributed by atoms with Crippen LogP contribution in [0.15, 0.2) is 12.5 Å². The molecule has 0 saturated carbocycles. The Hall–Kier alpha value is -2.10. The van der Waals surface area contributed by atoms with Crippen LogP contribution in [0, 0.1) is 25.2 Å². The quantitative estimate of drug-likeness (QED) is 0.811. The van der Waals surface area contributed by atoms with Gasteiger partial charge in [0, 0.05) is 12.1 Å². The second kappa shape index (κ2) is 4.72. The number of rotatable bonds is 2. The monoisotopic (exact) mass is 286 g/mol. The molecule has 2 aromatic heterocycles. The molecule has 1 aliphatic heterocycles. The molecule has 3 N–H and O–H groups in total. The Morgan fingerprint density at radius 1 is 1.62 bits per heavy atom. The maximum absolute atomic E-state index is 9.59. The molecular weight excluding hydrogens is 268 g/mol. The number of hydrogen-bond donors (Lipinski definition) is 2. The maximum atomic E-state index is 9.59. The van der Waals surface area contributed by atoms with Gasteiger partial charge in [0.2, 0.25) is 0 Å². The van der Waals surface area contributed by atoms with E-state index in [0.29, 0.717) is 12.2 Å². The fourth-order valence-electron chi connectivity index (χ4n) is 3.00. The van der Waals surface area contributed by atoms with Gasteiger partial charge in [-0.05, 0) is 18.9 Å². The molecule has 0 aromatic carbocycles. The van der Waals surface area contributed by atoms with E-state index in [0.717, 1.165) is 16.6 Å². The normalized spacial score (nSPS) is 28.9. The first-order valence-electron chi connectivity index (χ1n) is 6.86. The summed E-state index contributed by atoms with van der Waals surface area (Å²) >= 11 is 0. The molecule has 1 saturated heterocycles. The van der Waals surface area contributed by atoms with Crippen LogP contribution in [0.2, 0.25) is 0 Å². The van der Waals surface area contributed by atoms with Crippen LogP contribution in [-0.4, -0.2) is 31.8 Å². The molecular formula is C15H18N4O2. The van der Waals surface area contributed by atoms with Crippen molar-refractivity contribution in [1.29, 1.82) is 0 Å². The third kappa shape index (κ3) is 1.89. The number of aliphatic hydroxyl groups is 1. The van der Waals surface area contributed by atoms with Crippen molar-refractivity contribution >= 4 is 16.9 Å². The standard InChI is InChI=1S/C15H18N4O2/c1-4-15(7-20)10(3)5-11(21-15)19-6-9(2)12-13(16)17-8-18-14(12)19/h1,6,8,10-11,20H,5,7H2,2-3H3,(H2,16,17,18)/t10-,11+,15+/m0/s1. The van der Waals surface area contributed by atoms with Gasteiger partial charge in [0.05, 0.1) is 12.0 Å². The summed E-state index contributed by atoms with van der Waals surface area (Å²) < 4.78 is 7.91. The fourth-order valence-corrected chi connectivity index (χ4v) is 3.00. The van der Waals surface area contributed by atoms with Crippen molar-refractivity contribution in [2.75, 3.05) is 12.3 Å². The van der Waals surface area contributed by atoms with E-state index >= 15 is 0 Å². The number of aliphatic hydroxyl groups excluding tert-OH is 1. The van der Waals surface area contributed by atoms with Crippen LogP contribution in [0.3, 0.4) is 0 Å². The second-order valence-corrected chi connectivity index (χ2v) is 5.58. The average molecular weight is 286 g/mol. The smallest absolute Gasteiger partial charge is 0.156 e. The van der Waals surface area contributed by atoms with Gasteiger partial charge in [0.1, 0.15) is 24.0 Å². The van der Waals surface area contributed by atoms with Crippen LogP contribution in [0.5, 0.6) is 0 Å². The molecule has 21 heavy (non-hydrogen) atoms. The maximum Gasteiger partial charge on any atom is 0.156 e. The summed E-state index contributed by atoms with van der Waals surface area (Å²) in [6, 6.07) is 0. The summed E-state index contributed by atoms with van der Waals surface area (Å²) in [6.07, 6.45) is 9.38. The number of aromatic nitrogens is 3. The van der Waals surface area contributed by atoms with Crippen molar-refractivity contribution in [1.82, 2.24) is 14.5 Å². The third-order valence-electron chi connectivity index (χ3n) is 4.32. The number of hydrogen-bond acceptors (Lipinski definition) is 5. The molecule has 3 rings (SSSR count). The minimum absolute atomic E-state index is 0.0504. The summed E-state index contributed by atoms with van der Waals surface area (Å²) in [6.45, 7) is 3.74. The Labute approximate surface area is 122 Å². The zero-order valence-corrected chi connectivity index (χ0v) is 12.1. The minimum atomic E-state index is -0.937. The number of fused-ring (bicyclic) bond motifs is 1. The topological polar surface area (TPSA) is 86.2 Å². The van der Waals surface area contributed by atoms with E-state index in [4.69, 9.17) is 16.9 Å². The van der Waals surface area contributed by atoms with Crippen LogP contribution < -0.4 is 5.73 Å². The van der Waals surface area contributed by atoms with E-state index < -0.39 is 5.60 Å². The average Bonchev–Trinajstić information content (AvgIpc) is 2.98. The minimum Gasteiger partial charge on any atom is -0.392 e. The molecule has 110 valence electrons. The predicted octanol–water partition coefficient (Wildman–Crippen LogP) is 1.24. The first kappa shape index (κ1) is 13.9. The zero-order chi connectivity index (χ0) is 15.2. The van der Waals surface area contributed by atoms with E-state index in [1.165, 1.54) is 6.33 Å². The number of nitrogens with two attached hydrogens (primary N) is 1. The highest BCUT2D eigenvalue weighted by Crippen LogP contribution is 2.42. The summed E-state index contributed by atoms with van der Waals surface area (Å²) in [5.74, 6) is 3.10. The van der Waals surface area contributed by atoms with Crippen molar-refractivity contribution in [3.8, 4) is 12.3 Å². The molecule has 1 aliphatic rings. The number of anilines is 1. The van der Waals surface area contributed by atoms with Gasteiger partial charge < -0.3 is 20.1 Å². The van der Waals surface area contributed by atoms with Gasteiger partial charge in [-0.3, -0.25) is 0 Å². The second-order valence-electron chi connectivity index (χ2n) is 5.58. The molecule has 0 radical (unpaired) electrons. The molecule has 6 nitrogen and oxygen atoms in total. The van der Waals surface area contributed by atoms with E-state index in [2.05, 4.69) is 15.9 Å². The lowest BCUT2D eigenvalue weighted by Crippen LogP contribution is -2.36. The van der Waals surface area contributed by atoms with E-state index in [-0.39, 0.29) is 18.8 Å². The highest BCUT2D eigenvalue weighted by molar-refractivity contribution is 5.89. The lowest BCUT2D eigenvalue weighted by molar-refractivity contribution is -0.0715. The van der Waals surface area contributed by atoms with Crippen molar-refractivity contribution in [3.63, 3.8) is 0 Å². The zero-order valence-electron chi connectivity index (χ0n) is 12.1. The first-order chi connectivity index (χ1) is 10.0. The molecule has 3 heterocycles. The molecule has 3 atom stereocenters.